The first-order valence-electron chi connectivity index (χ1n) is 17.1. The average Bonchev–Trinajstić information content (AvgIpc) is 4.00. The highest BCUT2D eigenvalue weighted by atomic mass is 17.3. The molecule has 48 heavy (non-hydrogen) atoms. The third-order valence-electron chi connectivity index (χ3n) is 11.2. The standard InChI is InChI=1S/C38H44N2O8/c1-7-8-9-14-37-15-18-38(19-16-37,20-17-37)36(42)44-30-22-25(4)32(27(6)34(30)40-47-48-40)31-24(3)21-29(33(26(31)5)39-45-46-39)43-35(41)28-12-10-23(2)11-13-28/h10-13,21-22H,7-9,14-20H2,1-6H3. The van der Waals surface area contributed by atoms with Gasteiger partial charge in [0.25, 0.3) is 0 Å². The number of rotatable bonds is 11. The summed E-state index contributed by atoms with van der Waals surface area (Å²) in [7, 11) is 0. The van der Waals surface area contributed by atoms with Gasteiger partial charge in [0.1, 0.15) is 0 Å². The fourth-order valence-electron chi connectivity index (χ4n) is 8.18. The Morgan fingerprint density at radius 1 is 0.708 bits per heavy atom. The molecule has 0 unspecified atom stereocenters. The number of unbranched alkanes of at least 4 members (excludes halogenated alkanes) is 2. The predicted octanol–water partition coefficient (Wildman–Crippen LogP) is 9.89. The fourth-order valence-corrected chi connectivity index (χ4v) is 8.18. The van der Waals surface area contributed by atoms with Gasteiger partial charge in [-0.25, -0.2) is 4.79 Å². The summed E-state index contributed by atoms with van der Waals surface area (Å²) in [6.45, 7) is 12.0. The smallest absolute Gasteiger partial charge is 0.343 e. The molecule has 2 aromatic heterocycles. The van der Waals surface area contributed by atoms with Crippen LogP contribution in [0.25, 0.3) is 22.5 Å². The first-order chi connectivity index (χ1) is 23.0. The van der Waals surface area contributed by atoms with Crippen LogP contribution in [0.5, 0.6) is 11.5 Å². The molecule has 5 aromatic rings. The molecular formula is C38H44N2O8. The Morgan fingerprint density at radius 3 is 1.69 bits per heavy atom. The van der Waals surface area contributed by atoms with Crippen molar-refractivity contribution in [1.82, 2.24) is 9.82 Å². The molecule has 3 aliphatic rings. The zero-order valence-corrected chi connectivity index (χ0v) is 28.7. The number of esters is 2. The fraction of sp³-hybridized carbons (Fsp3) is 0.474. The first kappa shape index (κ1) is 32.0. The van der Waals surface area contributed by atoms with Crippen molar-refractivity contribution in [3.05, 3.63) is 69.8 Å². The van der Waals surface area contributed by atoms with E-state index < -0.39 is 11.4 Å². The predicted molar refractivity (Wildman–Crippen MR) is 177 cm³/mol. The molecule has 0 amide bonds. The van der Waals surface area contributed by atoms with E-state index in [1.807, 2.05) is 52.8 Å². The summed E-state index contributed by atoms with van der Waals surface area (Å²) in [5.74, 6) is 0.0694. The quantitative estimate of drug-likeness (QED) is 0.0597. The van der Waals surface area contributed by atoms with Crippen molar-refractivity contribution in [2.24, 2.45) is 10.8 Å². The summed E-state index contributed by atoms with van der Waals surface area (Å²) in [5, 5.41) is 0. The molecule has 0 saturated heterocycles. The highest BCUT2D eigenvalue weighted by molar-refractivity contribution is 5.92. The maximum Gasteiger partial charge on any atom is 0.343 e. The highest BCUT2D eigenvalue weighted by Gasteiger charge is 2.53. The van der Waals surface area contributed by atoms with Crippen LogP contribution in [-0.2, 0) is 4.79 Å². The third-order valence-corrected chi connectivity index (χ3v) is 11.2. The van der Waals surface area contributed by atoms with Gasteiger partial charge in [0, 0.05) is 0 Å². The van der Waals surface area contributed by atoms with Crippen LogP contribution in [-0.4, -0.2) is 21.8 Å². The van der Waals surface area contributed by atoms with Crippen LogP contribution in [0.15, 0.2) is 55.1 Å². The average molecular weight is 657 g/mol. The minimum Gasteiger partial charge on any atom is -0.424 e. The number of nitrogens with zero attached hydrogens (tertiary/aromatic N) is 2. The van der Waals surface area contributed by atoms with Gasteiger partial charge >= 0.3 is 11.9 Å². The molecule has 3 aliphatic carbocycles. The van der Waals surface area contributed by atoms with E-state index in [4.69, 9.17) is 28.2 Å². The van der Waals surface area contributed by atoms with Gasteiger partial charge in [-0.05, 0) is 143 Å². The molecular weight excluding hydrogens is 612 g/mol. The Bertz CT molecular complexity index is 1910. The van der Waals surface area contributed by atoms with E-state index in [1.54, 1.807) is 18.2 Å². The number of carbonyl (C=O) groups excluding carboxylic acids is 2. The summed E-state index contributed by atoms with van der Waals surface area (Å²) < 4.78 is 32.7. The largest absolute Gasteiger partial charge is 0.424 e. The van der Waals surface area contributed by atoms with Crippen molar-refractivity contribution in [2.45, 2.75) is 106 Å². The zero-order valence-electron chi connectivity index (χ0n) is 28.7. The van der Waals surface area contributed by atoms with Crippen LogP contribution >= 0.6 is 0 Å². The SMILES string of the molecule is CCCCCC12CCC(C(=O)Oc3cc(C)c(-c4c(C)cc(OC(=O)c5ccc(C)cc5)c(-n5oo5)c4C)c(C)c3-n3oo3)(CC1)CC2. The van der Waals surface area contributed by atoms with Crippen LogP contribution in [0, 0.1) is 45.4 Å². The lowest BCUT2D eigenvalue weighted by Crippen LogP contribution is -2.47. The normalized spacial score (nSPS) is 20.5. The maximum absolute atomic E-state index is 14.0. The molecule has 0 radical (unpaired) electrons. The summed E-state index contributed by atoms with van der Waals surface area (Å²) >= 11 is 0. The molecule has 8 rings (SSSR count). The first-order valence-corrected chi connectivity index (χ1v) is 17.1. The number of aromatic nitrogens is 2. The van der Waals surface area contributed by atoms with E-state index >= 15 is 0 Å². The van der Waals surface area contributed by atoms with Crippen LogP contribution in [0.2, 0.25) is 0 Å². The Kier molecular flexibility index (Phi) is 8.08. The topological polar surface area (TPSA) is 115 Å². The number of ether oxygens (including phenoxy) is 2. The van der Waals surface area contributed by atoms with E-state index in [9.17, 15) is 9.59 Å². The molecule has 3 fully saturated rings. The van der Waals surface area contributed by atoms with Crippen molar-refractivity contribution in [1.29, 1.82) is 0 Å². The molecule has 3 aromatic carbocycles. The van der Waals surface area contributed by atoms with Crippen LogP contribution in [0.3, 0.4) is 0 Å². The lowest BCUT2D eigenvalue weighted by Gasteiger charge is -2.52. The van der Waals surface area contributed by atoms with Crippen LogP contribution in [0.4, 0.5) is 0 Å². The second-order valence-corrected chi connectivity index (χ2v) is 14.3. The second-order valence-electron chi connectivity index (χ2n) is 14.3. The van der Waals surface area contributed by atoms with Crippen LogP contribution < -0.4 is 9.47 Å². The molecule has 0 atom stereocenters. The maximum atomic E-state index is 14.0. The van der Waals surface area contributed by atoms with Gasteiger partial charge in [-0.2, -0.15) is 0 Å². The number of hydrogen-bond donors (Lipinski definition) is 0. The Morgan fingerprint density at radius 2 is 1.21 bits per heavy atom. The Labute approximate surface area is 279 Å². The molecule has 0 aliphatic heterocycles. The van der Waals surface area contributed by atoms with Crippen molar-refractivity contribution in [3.63, 3.8) is 0 Å². The van der Waals surface area contributed by atoms with E-state index in [1.165, 1.54) is 35.5 Å². The van der Waals surface area contributed by atoms with Crippen molar-refractivity contribution in [2.75, 3.05) is 0 Å². The minimum absolute atomic E-state index is 0.163. The van der Waals surface area contributed by atoms with Crippen molar-refractivity contribution < 1.29 is 37.8 Å². The molecule has 254 valence electrons. The molecule has 2 bridgehead atoms. The molecule has 10 heteroatoms. The lowest BCUT2D eigenvalue weighted by molar-refractivity contribution is -0.156. The van der Waals surface area contributed by atoms with Gasteiger partial charge in [0.2, 0.25) is 0 Å². The van der Waals surface area contributed by atoms with Gasteiger partial charge in [0.05, 0.1) is 20.8 Å². The van der Waals surface area contributed by atoms with Gasteiger partial charge < -0.3 is 9.47 Å². The number of carbonyl (C=O) groups is 2. The summed E-state index contributed by atoms with van der Waals surface area (Å²) in [4.78, 5) is 29.6. The van der Waals surface area contributed by atoms with E-state index in [-0.39, 0.29) is 5.97 Å². The van der Waals surface area contributed by atoms with Crippen LogP contribution in [0.1, 0.15) is 109 Å². The molecule has 10 nitrogen and oxygen atoms in total. The van der Waals surface area contributed by atoms with Gasteiger partial charge in [-0.1, -0.05) is 43.9 Å². The summed E-state index contributed by atoms with van der Waals surface area (Å²) in [6, 6.07) is 10.9. The van der Waals surface area contributed by atoms with E-state index in [0.29, 0.717) is 33.9 Å². The van der Waals surface area contributed by atoms with Gasteiger partial charge in [0.15, 0.2) is 22.9 Å². The molecule has 0 N–H and O–H groups in total. The second kappa shape index (κ2) is 12.1. The van der Waals surface area contributed by atoms with Crippen molar-refractivity contribution in [3.8, 4) is 34.0 Å². The summed E-state index contributed by atoms with van der Waals surface area (Å²) in [5.41, 5.74) is 7.60. The van der Waals surface area contributed by atoms with E-state index in [0.717, 1.165) is 77.5 Å². The third kappa shape index (κ3) is 5.75. The van der Waals surface area contributed by atoms with E-state index in [2.05, 4.69) is 6.92 Å². The highest BCUT2D eigenvalue weighted by Crippen LogP contribution is 2.59. The lowest BCUT2D eigenvalue weighted by atomic mass is 9.52. The zero-order chi connectivity index (χ0) is 33.8. The van der Waals surface area contributed by atoms with Crippen molar-refractivity contribution >= 4 is 11.9 Å². The van der Waals surface area contributed by atoms with Gasteiger partial charge in [-0.3, -0.25) is 4.79 Å². The molecule has 3 saturated carbocycles. The summed E-state index contributed by atoms with van der Waals surface area (Å²) in [6.07, 6.45) is 11.0. The number of hydrogen-bond acceptors (Lipinski definition) is 8. The Balaban J connectivity index is 1.20. The minimum atomic E-state index is -0.487. The molecule has 0 spiro atoms. The van der Waals surface area contributed by atoms with Gasteiger partial charge in [-0.15, -0.1) is 18.7 Å². The number of fused-ring (bicyclic) bond motifs is 3. The Hall–Kier alpha value is -4.60. The monoisotopic (exact) mass is 656 g/mol. The molecule has 2 heterocycles. The number of benzene rings is 3. The number of aryl methyl sites for hydroxylation is 3.